The third-order valence-electron chi connectivity index (χ3n) is 8.03. The first kappa shape index (κ1) is 25.4. The zero-order valence-corrected chi connectivity index (χ0v) is 22.3. The number of halogens is 1. The van der Waals surface area contributed by atoms with Crippen molar-refractivity contribution in [2.75, 3.05) is 33.8 Å². The topological polar surface area (TPSA) is 57.6 Å². The lowest BCUT2D eigenvalue weighted by Gasteiger charge is -2.38. The summed E-state index contributed by atoms with van der Waals surface area (Å²) in [5, 5.41) is 6.45. The highest BCUT2D eigenvalue weighted by atomic mass is 19.1. The van der Waals surface area contributed by atoms with Crippen molar-refractivity contribution in [1.29, 1.82) is 0 Å². The predicted octanol–water partition coefficient (Wildman–Crippen LogP) is 5.32. The van der Waals surface area contributed by atoms with E-state index in [1.807, 2.05) is 66.5 Å². The van der Waals surface area contributed by atoms with Crippen molar-refractivity contribution in [2.45, 2.75) is 31.5 Å². The van der Waals surface area contributed by atoms with Crippen molar-refractivity contribution >= 4 is 11.7 Å². The zero-order valence-electron chi connectivity index (χ0n) is 22.3. The van der Waals surface area contributed by atoms with E-state index in [4.69, 9.17) is 14.6 Å². The fourth-order valence-electron chi connectivity index (χ4n) is 5.77. The first-order valence-corrected chi connectivity index (χ1v) is 13.5. The molecule has 7 nitrogen and oxygen atoms in total. The summed E-state index contributed by atoms with van der Waals surface area (Å²) in [5.74, 6) is 0.701. The third-order valence-corrected chi connectivity index (χ3v) is 8.03. The van der Waals surface area contributed by atoms with Crippen molar-refractivity contribution < 1.29 is 18.7 Å². The molecule has 39 heavy (non-hydrogen) atoms. The number of urea groups is 1. The number of likely N-dealkylation sites (tertiary alicyclic amines) is 1. The molecule has 1 saturated heterocycles. The highest BCUT2D eigenvalue weighted by Gasteiger charge is 2.46. The number of rotatable bonds is 5. The van der Waals surface area contributed by atoms with Crippen LogP contribution in [-0.4, -0.2) is 66.4 Å². The average Bonchev–Trinajstić information content (AvgIpc) is 3.37. The number of nitrogens with zero attached hydrogens (tertiary/aromatic N) is 4. The van der Waals surface area contributed by atoms with Crippen LogP contribution >= 0.6 is 0 Å². The molecular weight excluding hydrogens is 495 g/mol. The second kappa shape index (κ2) is 10.7. The number of ether oxygens (including phenoxy) is 2. The third kappa shape index (κ3) is 5.08. The molecule has 0 radical (unpaired) electrons. The summed E-state index contributed by atoms with van der Waals surface area (Å²) < 4.78 is 26.5. The molecular formula is C31H33FN4O3. The summed E-state index contributed by atoms with van der Waals surface area (Å²) in [7, 11) is 3.97. The first-order chi connectivity index (χ1) is 19.0. The number of hydrazone groups is 1. The van der Waals surface area contributed by atoms with Crippen LogP contribution in [0.2, 0.25) is 0 Å². The van der Waals surface area contributed by atoms with E-state index in [1.165, 1.54) is 12.1 Å². The van der Waals surface area contributed by atoms with Gasteiger partial charge in [-0.2, -0.15) is 5.10 Å². The van der Waals surface area contributed by atoms with E-state index < -0.39 is 6.04 Å². The van der Waals surface area contributed by atoms with Gasteiger partial charge in [0.15, 0.2) is 0 Å². The van der Waals surface area contributed by atoms with Gasteiger partial charge in [-0.1, -0.05) is 42.5 Å². The molecule has 0 aromatic heterocycles. The number of carbonyl (C=O) groups is 1. The molecule has 8 heteroatoms. The maximum absolute atomic E-state index is 14.3. The molecule has 1 fully saturated rings. The Labute approximate surface area is 228 Å². The molecule has 2 unspecified atom stereocenters. The number of hydrogen-bond acceptors (Lipinski definition) is 5. The average molecular weight is 529 g/mol. The molecule has 3 aliphatic rings. The second-order valence-corrected chi connectivity index (χ2v) is 10.6. The van der Waals surface area contributed by atoms with Crippen LogP contribution in [0.3, 0.4) is 0 Å². The van der Waals surface area contributed by atoms with Gasteiger partial charge in [0, 0.05) is 18.7 Å². The van der Waals surface area contributed by atoms with Gasteiger partial charge in [-0.3, -0.25) is 0 Å². The van der Waals surface area contributed by atoms with E-state index in [0.717, 1.165) is 37.1 Å². The van der Waals surface area contributed by atoms with Gasteiger partial charge >= 0.3 is 6.03 Å². The van der Waals surface area contributed by atoms with E-state index in [0.29, 0.717) is 36.0 Å². The van der Waals surface area contributed by atoms with E-state index in [-0.39, 0.29) is 23.8 Å². The molecule has 2 atom stereocenters. The largest absolute Gasteiger partial charge is 0.492 e. The Kier molecular flexibility index (Phi) is 6.95. The van der Waals surface area contributed by atoms with Crippen molar-refractivity contribution in [1.82, 2.24) is 14.8 Å². The molecule has 0 aliphatic carbocycles. The lowest BCUT2D eigenvalue weighted by atomic mass is 9.85. The smallest absolute Gasteiger partial charge is 0.341 e. The van der Waals surface area contributed by atoms with E-state index >= 15 is 0 Å². The zero-order chi connectivity index (χ0) is 26.9. The molecule has 3 heterocycles. The minimum Gasteiger partial charge on any atom is -0.492 e. The monoisotopic (exact) mass is 528 g/mol. The summed E-state index contributed by atoms with van der Waals surface area (Å²) in [6.07, 6.45) is 1.83. The van der Waals surface area contributed by atoms with Crippen molar-refractivity contribution in [3.8, 4) is 11.5 Å². The number of amides is 2. The van der Waals surface area contributed by atoms with E-state index in [2.05, 4.69) is 11.9 Å². The Hall–Kier alpha value is -3.91. The Balaban J connectivity index is 1.32. The summed E-state index contributed by atoms with van der Waals surface area (Å²) in [4.78, 5) is 18.1. The number of benzene rings is 3. The quantitative estimate of drug-likeness (QED) is 0.450. The Bertz CT molecular complexity index is 1370. The molecule has 0 saturated carbocycles. The van der Waals surface area contributed by atoms with Crippen molar-refractivity contribution in [3.63, 3.8) is 0 Å². The molecule has 6 rings (SSSR count). The standard InChI is InChI=1S/C31H33FN4O3/c1-34-15-13-24(14-16-34)35(2)31(37)36-30(27-20-39-28-12-11-23(32)18-26(28)29(27)33-36)22-9-6-10-25(17-22)38-19-21-7-4-3-5-8-21/h3-12,17-18,24,27,30H,13-16,19-20H2,1-2H3. The summed E-state index contributed by atoms with van der Waals surface area (Å²) in [6.45, 7) is 2.69. The molecule has 3 aromatic rings. The van der Waals surface area contributed by atoms with Crippen LogP contribution in [0.4, 0.5) is 9.18 Å². The molecule has 3 aliphatic heterocycles. The van der Waals surface area contributed by atoms with Gasteiger partial charge in [-0.05, 0) is 74.4 Å². The van der Waals surface area contributed by atoms with E-state index in [1.54, 1.807) is 11.1 Å². The molecule has 202 valence electrons. The number of piperidine rings is 1. The maximum atomic E-state index is 14.3. The summed E-state index contributed by atoms with van der Waals surface area (Å²) in [6, 6.07) is 21.9. The number of fused-ring (bicyclic) bond motifs is 3. The van der Waals surface area contributed by atoms with Gasteiger partial charge in [0.1, 0.15) is 23.9 Å². The second-order valence-electron chi connectivity index (χ2n) is 10.6. The fraction of sp³-hybridized carbons (Fsp3) is 0.355. The number of hydrogen-bond donors (Lipinski definition) is 0. The predicted molar refractivity (Wildman–Crippen MR) is 147 cm³/mol. The maximum Gasteiger partial charge on any atom is 0.341 e. The van der Waals surface area contributed by atoms with Crippen LogP contribution in [0, 0.1) is 11.7 Å². The Morgan fingerprint density at radius 1 is 1.08 bits per heavy atom. The van der Waals surface area contributed by atoms with Gasteiger partial charge in [0.25, 0.3) is 0 Å². The normalized spacial score (nSPS) is 21.0. The van der Waals surface area contributed by atoms with Gasteiger partial charge in [0.05, 0.1) is 24.3 Å². The SMILES string of the molecule is CN1CCC(N(C)C(=O)N2N=C3c4cc(F)ccc4OCC3C2c2cccc(OCc3ccccc3)c2)CC1. The van der Waals surface area contributed by atoms with E-state index in [9.17, 15) is 9.18 Å². The Morgan fingerprint density at radius 3 is 2.67 bits per heavy atom. The first-order valence-electron chi connectivity index (χ1n) is 13.5. The van der Waals surface area contributed by atoms with Crippen LogP contribution in [0.25, 0.3) is 0 Å². The summed E-state index contributed by atoms with van der Waals surface area (Å²) >= 11 is 0. The van der Waals surface area contributed by atoms with Gasteiger partial charge < -0.3 is 19.3 Å². The molecule has 0 spiro atoms. The fourth-order valence-corrected chi connectivity index (χ4v) is 5.77. The van der Waals surface area contributed by atoms with Gasteiger partial charge in [-0.15, -0.1) is 0 Å². The lowest BCUT2D eigenvalue weighted by Crippen LogP contribution is -2.49. The lowest BCUT2D eigenvalue weighted by molar-refractivity contribution is 0.102. The van der Waals surface area contributed by atoms with Gasteiger partial charge in [0.2, 0.25) is 0 Å². The minimum absolute atomic E-state index is 0.138. The molecule has 3 aromatic carbocycles. The Morgan fingerprint density at radius 2 is 1.87 bits per heavy atom. The minimum atomic E-state index is -0.405. The number of carbonyl (C=O) groups excluding carboxylic acids is 1. The van der Waals surface area contributed by atoms with Crippen molar-refractivity contribution in [3.05, 3.63) is 95.3 Å². The van der Waals surface area contributed by atoms with Crippen LogP contribution in [0.5, 0.6) is 11.5 Å². The highest BCUT2D eigenvalue weighted by molar-refractivity contribution is 6.07. The van der Waals surface area contributed by atoms with Crippen LogP contribution in [0.1, 0.15) is 35.6 Å². The molecule has 2 amide bonds. The van der Waals surface area contributed by atoms with Crippen LogP contribution in [-0.2, 0) is 6.61 Å². The highest BCUT2D eigenvalue weighted by Crippen LogP contribution is 2.44. The van der Waals surface area contributed by atoms with Crippen LogP contribution in [0.15, 0.2) is 77.9 Å². The van der Waals surface area contributed by atoms with Crippen molar-refractivity contribution in [2.24, 2.45) is 11.0 Å². The summed E-state index contributed by atoms with van der Waals surface area (Å²) in [5.41, 5.74) is 3.26. The molecule has 0 N–H and O–H groups in total. The van der Waals surface area contributed by atoms with Crippen LogP contribution < -0.4 is 9.47 Å². The van der Waals surface area contributed by atoms with Gasteiger partial charge in [-0.25, -0.2) is 14.2 Å². The molecule has 0 bridgehead atoms.